The minimum Gasteiger partial charge on any atom is -0.341 e. The Morgan fingerprint density at radius 1 is 0.955 bits per heavy atom. The molecule has 22 heavy (non-hydrogen) atoms. The molecule has 0 bridgehead atoms. The maximum absolute atomic E-state index is 6.49. The standard InChI is InChI=1S/C18H18ClN3/c19-15-8-4-5-9-17(15)22-16(14-6-2-1-3-7-14)10-12-21-13-11-20-18(21)22/h1-9,16H,10-13H2. The van der Waals surface area contributed by atoms with E-state index in [0.717, 1.165) is 42.7 Å². The van der Waals surface area contributed by atoms with Crippen LogP contribution in [0.1, 0.15) is 18.0 Å². The van der Waals surface area contributed by atoms with Gasteiger partial charge in [0.25, 0.3) is 0 Å². The number of benzene rings is 2. The Hall–Kier alpha value is -2.00. The zero-order valence-electron chi connectivity index (χ0n) is 12.3. The summed E-state index contributed by atoms with van der Waals surface area (Å²) in [7, 11) is 0. The number of hydrogen-bond donors (Lipinski definition) is 0. The van der Waals surface area contributed by atoms with Crippen LogP contribution in [0.25, 0.3) is 0 Å². The summed E-state index contributed by atoms with van der Waals surface area (Å²) in [4.78, 5) is 9.42. The summed E-state index contributed by atoms with van der Waals surface area (Å²) in [5.41, 5.74) is 2.36. The Morgan fingerprint density at radius 3 is 2.55 bits per heavy atom. The van der Waals surface area contributed by atoms with Crippen LogP contribution in [0.5, 0.6) is 0 Å². The minimum atomic E-state index is 0.286. The van der Waals surface area contributed by atoms with E-state index in [1.165, 1.54) is 5.56 Å². The van der Waals surface area contributed by atoms with E-state index in [4.69, 9.17) is 16.6 Å². The van der Waals surface area contributed by atoms with Gasteiger partial charge in [-0.05, 0) is 24.1 Å². The number of guanidine groups is 1. The Balaban J connectivity index is 1.82. The third-order valence-electron chi connectivity index (χ3n) is 4.40. The topological polar surface area (TPSA) is 18.8 Å². The van der Waals surface area contributed by atoms with E-state index in [9.17, 15) is 0 Å². The largest absolute Gasteiger partial charge is 0.341 e. The smallest absolute Gasteiger partial charge is 0.201 e. The number of hydrogen-bond acceptors (Lipinski definition) is 3. The molecule has 2 aliphatic rings. The second-order valence-electron chi connectivity index (χ2n) is 5.71. The Morgan fingerprint density at radius 2 is 1.73 bits per heavy atom. The molecule has 0 amide bonds. The van der Waals surface area contributed by atoms with Crippen LogP contribution in [-0.4, -0.2) is 30.5 Å². The highest BCUT2D eigenvalue weighted by Gasteiger charge is 2.36. The van der Waals surface area contributed by atoms with Crippen molar-refractivity contribution in [3.05, 3.63) is 65.2 Å². The maximum Gasteiger partial charge on any atom is 0.201 e. The first-order valence-corrected chi connectivity index (χ1v) is 8.10. The van der Waals surface area contributed by atoms with Gasteiger partial charge in [-0.1, -0.05) is 54.1 Å². The normalized spacial score (nSPS) is 20.8. The number of anilines is 1. The van der Waals surface area contributed by atoms with Gasteiger partial charge in [0.1, 0.15) is 0 Å². The zero-order chi connectivity index (χ0) is 14.9. The predicted octanol–water partition coefficient (Wildman–Crippen LogP) is 3.96. The average Bonchev–Trinajstić information content (AvgIpc) is 3.04. The van der Waals surface area contributed by atoms with Crippen LogP contribution in [0, 0.1) is 0 Å². The summed E-state index contributed by atoms with van der Waals surface area (Å²) in [6, 6.07) is 19.0. The predicted molar refractivity (Wildman–Crippen MR) is 91.6 cm³/mol. The molecule has 2 aromatic rings. The van der Waals surface area contributed by atoms with E-state index in [0.29, 0.717) is 0 Å². The Bertz CT molecular complexity index is 698. The van der Waals surface area contributed by atoms with E-state index in [2.05, 4.69) is 46.2 Å². The molecule has 3 nitrogen and oxygen atoms in total. The number of fused-ring (bicyclic) bond motifs is 1. The van der Waals surface area contributed by atoms with Gasteiger partial charge >= 0.3 is 0 Å². The van der Waals surface area contributed by atoms with Gasteiger partial charge < -0.3 is 9.80 Å². The lowest BCUT2D eigenvalue weighted by atomic mass is 9.99. The molecule has 4 heteroatoms. The Kier molecular flexibility index (Phi) is 3.51. The van der Waals surface area contributed by atoms with Gasteiger partial charge in [0.15, 0.2) is 0 Å². The van der Waals surface area contributed by atoms with Crippen molar-refractivity contribution in [2.75, 3.05) is 24.5 Å². The molecule has 4 rings (SSSR count). The van der Waals surface area contributed by atoms with Crippen molar-refractivity contribution >= 4 is 23.2 Å². The summed E-state index contributed by atoms with van der Waals surface area (Å²) in [6.45, 7) is 2.94. The fourth-order valence-electron chi connectivity index (χ4n) is 3.37. The van der Waals surface area contributed by atoms with Crippen molar-refractivity contribution in [3.8, 4) is 0 Å². The Labute approximate surface area is 135 Å². The maximum atomic E-state index is 6.49. The summed E-state index contributed by atoms with van der Waals surface area (Å²) in [5, 5.41) is 0.778. The van der Waals surface area contributed by atoms with Crippen LogP contribution in [-0.2, 0) is 0 Å². The highest BCUT2D eigenvalue weighted by Crippen LogP contribution is 2.38. The van der Waals surface area contributed by atoms with E-state index >= 15 is 0 Å². The number of nitrogens with zero attached hydrogens (tertiary/aromatic N) is 3. The molecule has 0 aromatic heterocycles. The molecule has 0 aliphatic carbocycles. The van der Waals surface area contributed by atoms with Crippen LogP contribution >= 0.6 is 11.6 Å². The molecular weight excluding hydrogens is 294 g/mol. The minimum absolute atomic E-state index is 0.286. The molecule has 1 atom stereocenters. The van der Waals surface area contributed by atoms with E-state index < -0.39 is 0 Å². The quantitative estimate of drug-likeness (QED) is 0.836. The molecule has 112 valence electrons. The first-order chi connectivity index (χ1) is 10.8. The van der Waals surface area contributed by atoms with Crippen molar-refractivity contribution in [2.45, 2.75) is 12.5 Å². The second kappa shape index (κ2) is 5.65. The third kappa shape index (κ3) is 2.26. The molecule has 2 aromatic carbocycles. The molecule has 0 radical (unpaired) electrons. The molecule has 1 unspecified atom stereocenters. The van der Waals surface area contributed by atoms with E-state index in [1.807, 2.05) is 18.2 Å². The molecule has 2 aliphatic heterocycles. The number of aliphatic imine (C=N–C) groups is 1. The summed E-state index contributed by atoms with van der Waals surface area (Å²) >= 11 is 6.49. The van der Waals surface area contributed by atoms with Crippen molar-refractivity contribution in [1.29, 1.82) is 0 Å². The summed E-state index contributed by atoms with van der Waals surface area (Å²) in [5.74, 6) is 1.06. The van der Waals surface area contributed by atoms with Gasteiger partial charge in [-0.15, -0.1) is 0 Å². The summed E-state index contributed by atoms with van der Waals surface area (Å²) < 4.78 is 0. The average molecular weight is 312 g/mol. The monoisotopic (exact) mass is 311 g/mol. The van der Waals surface area contributed by atoms with E-state index in [-0.39, 0.29) is 6.04 Å². The molecule has 0 saturated carbocycles. The van der Waals surface area contributed by atoms with Crippen LogP contribution in [0.15, 0.2) is 59.6 Å². The van der Waals surface area contributed by atoms with Gasteiger partial charge in [0, 0.05) is 13.1 Å². The molecular formula is C18H18ClN3. The van der Waals surface area contributed by atoms with Gasteiger partial charge in [-0.25, -0.2) is 0 Å². The van der Waals surface area contributed by atoms with Crippen LogP contribution in [0.4, 0.5) is 5.69 Å². The van der Waals surface area contributed by atoms with Crippen molar-refractivity contribution < 1.29 is 0 Å². The third-order valence-corrected chi connectivity index (χ3v) is 4.72. The van der Waals surface area contributed by atoms with Gasteiger partial charge in [-0.2, -0.15) is 0 Å². The molecule has 1 saturated heterocycles. The lowest BCUT2D eigenvalue weighted by Gasteiger charge is -2.42. The molecule has 2 heterocycles. The van der Waals surface area contributed by atoms with Crippen LogP contribution in [0.2, 0.25) is 5.02 Å². The highest BCUT2D eigenvalue weighted by atomic mass is 35.5. The highest BCUT2D eigenvalue weighted by molar-refractivity contribution is 6.33. The fraction of sp³-hybridized carbons (Fsp3) is 0.278. The summed E-state index contributed by atoms with van der Waals surface area (Å²) in [6.07, 6.45) is 1.08. The van der Waals surface area contributed by atoms with Gasteiger partial charge in [-0.3, -0.25) is 4.99 Å². The molecule has 1 fully saturated rings. The number of para-hydroxylation sites is 1. The fourth-order valence-corrected chi connectivity index (χ4v) is 3.60. The number of rotatable bonds is 2. The number of halogens is 1. The SMILES string of the molecule is Clc1ccccc1N1C2=NCCN2CCC1c1ccccc1. The zero-order valence-corrected chi connectivity index (χ0v) is 13.1. The van der Waals surface area contributed by atoms with Crippen molar-refractivity contribution in [1.82, 2.24) is 4.90 Å². The van der Waals surface area contributed by atoms with Crippen LogP contribution < -0.4 is 4.90 Å². The van der Waals surface area contributed by atoms with Crippen molar-refractivity contribution in [2.24, 2.45) is 4.99 Å². The lowest BCUT2D eigenvalue weighted by molar-refractivity contribution is 0.380. The lowest BCUT2D eigenvalue weighted by Crippen LogP contribution is -2.50. The van der Waals surface area contributed by atoms with E-state index in [1.54, 1.807) is 0 Å². The molecule has 0 spiro atoms. The first-order valence-electron chi connectivity index (χ1n) is 7.73. The second-order valence-corrected chi connectivity index (χ2v) is 6.11. The van der Waals surface area contributed by atoms with Crippen molar-refractivity contribution in [3.63, 3.8) is 0 Å². The van der Waals surface area contributed by atoms with Gasteiger partial charge in [0.05, 0.1) is 23.3 Å². The molecule has 0 N–H and O–H groups in total. The first kappa shape index (κ1) is 13.6. The van der Waals surface area contributed by atoms with Gasteiger partial charge in [0.2, 0.25) is 5.96 Å². The van der Waals surface area contributed by atoms with Crippen LogP contribution in [0.3, 0.4) is 0 Å².